The summed E-state index contributed by atoms with van der Waals surface area (Å²) in [6.45, 7) is 2.16. The van der Waals surface area contributed by atoms with Gasteiger partial charge in [-0.3, -0.25) is 0 Å². The van der Waals surface area contributed by atoms with E-state index in [1.54, 1.807) is 31.4 Å². The van der Waals surface area contributed by atoms with E-state index in [9.17, 15) is 4.79 Å². The number of methoxy groups -OCH3 is 1. The Bertz CT molecular complexity index is 806. The molecule has 3 aromatic rings. The van der Waals surface area contributed by atoms with Crippen LogP contribution in [0.15, 0.2) is 48.8 Å². The SMILES string of the molecule is COc1ccc(C(=O)OCc2cn3cc(C)ccc3n2)cc1. The second-order valence-electron chi connectivity index (χ2n) is 5.01. The molecule has 0 aliphatic rings. The summed E-state index contributed by atoms with van der Waals surface area (Å²) >= 11 is 0. The summed E-state index contributed by atoms with van der Waals surface area (Å²) in [6.07, 6.45) is 3.85. The number of ether oxygens (including phenoxy) is 2. The maximum atomic E-state index is 12.0. The largest absolute Gasteiger partial charge is 0.497 e. The highest BCUT2D eigenvalue weighted by Crippen LogP contribution is 2.13. The third-order valence-corrected chi connectivity index (χ3v) is 3.33. The molecule has 0 fully saturated rings. The van der Waals surface area contributed by atoms with E-state index < -0.39 is 0 Å². The second-order valence-corrected chi connectivity index (χ2v) is 5.01. The Hall–Kier alpha value is -2.82. The number of fused-ring (bicyclic) bond motifs is 1. The zero-order valence-electron chi connectivity index (χ0n) is 12.4. The highest BCUT2D eigenvalue weighted by molar-refractivity contribution is 5.89. The van der Waals surface area contributed by atoms with Crippen LogP contribution in [0.3, 0.4) is 0 Å². The van der Waals surface area contributed by atoms with Gasteiger partial charge in [0.1, 0.15) is 18.0 Å². The van der Waals surface area contributed by atoms with Crippen molar-refractivity contribution >= 4 is 11.6 Å². The van der Waals surface area contributed by atoms with Crippen molar-refractivity contribution in [3.8, 4) is 5.75 Å². The minimum absolute atomic E-state index is 0.144. The summed E-state index contributed by atoms with van der Waals surface area (Å²) in [6, 6.07) is 10.7. The van der Waals surface area contributed by atoms with Gasteiger partial charge in [0.2, 0.25) is 0 Å². The molecule has 0 bridgehead atoms. The molecule has 1 aromatic carbocycles. The Morgan fingerprint density at radius 3 is 2.64 bits per heavy atom. The number of carbonyl (C=O) groups excluding carboxylic acids is 1. The first kappa shape index (κ1) is 14.1. The predicted octanol–water partition coefficient (Wildman–Crippen LogP) is 3.01. The van der Waals surface area contributed by atoms with Crippen LogP contribution in [0.4, 0.5) is 0 Å². The molecule has 3 rings (SSSR count). The molecule has 22 heavy (non-hydrogen) atoms. The lowest BCUT2D eigenvalue weighted by Gasteiger charge is -2.04. The quantitative estimate of drug-likeness (QED) is 0.694. The summed E-state index contributed by atoms with van der Waals surface area (Å²) < 4.78 is 12.3. The van der Waals surface area contributed by atoms with Crippen molar-refractivity contribution in [3.05, 3.63) is 65.6 Å². The predicted molar refractivity (Wildman–Crippen MR) is 82.0 cm³/mol. The maximum absolute atomic E-state index is 12.0. The number of hydrogen-bond acceptors (Lipinski definition) is 4. The van der Waals surface area contributed by atoms with Crippen LogP contribution < -0.4 is 4.74 Å². The Morgan fingerprint density at radius 2 is 1.91 bits per heavy atom. The molecule has 0 aliphatic heterocycles. The Labute approximate surface area is 128 Å². The zero-order valence-corrected chi connectivity index (χ0v) is 12.4. The number of nitrogens with zero attached hydrogens (tertiary/aromatic N) is 2. The molecule has 5 heteroatoms. The van der Waals surface area contributed by atoms with Crippen molar-refractivity contribution in [1.82, 2.24) is 9.38 Å². The van der Waals surface area contributed by atoms with E-state index in [2.05, 4.69) is 4.98 Å². The minimum atomic E-state index is -0.379. The summed E-state index contributed by atoms with van der Waals surface area (Å²) in [5.41, 5.74) is 3.18. The Morgan fingerprint density at radius 1 is 1.14 bits per heavy atom. The highest BCUT2D eigenvalue weighted by atomic mass is 16.5. The van der Waals surface area contributed by atoms with E-state index in [1.165, 1.54) is 0 Å². The number of rotatable bonds is 4. The number of aromatic nitrogens is 2. The minimum Gasteiger partial charge on any atom is -0.497 e. The second kappa shape index (κ2) is 5.89. The van der Waals surface area contributed by atoms with Gasteiger partial charge in [-0.1, -0.05) is 6.07 Å². The fourth-order valence-corrected chi connectivity index (χ4v) is 2.18. The number of aryl methyl sites for hydroxylation is 1. The van der Waals surface area contributed by atoms with E-state index in [-0.39, 0.29) is 12.6 Å². The molecule has 0 saturated heterocycles. The third-order valence-electron chi connectivity index (χ3n) is 3.33. The molecule has 0 saturated carbocycles. The average Bonchev–Trinajstić information content (AvgIpc) is 2.94. The molecule has 0 amide bonds. The maximum Gasteiger partial charge on any atom is 0.338 e. The van der Waals surface area contributed by atoms with Crippen molar-refractivity contribution in [3.63, 3.8) is 0 Å². The molecule has 0 aliphatic carbocycles. The molecule has 2 aromatic heterocycles. The van der Waals surface area contributed by atoms with Crippen molar-refractivity contribution in [1.29, 1.82) is 0 Å². The molecule has 5 nitrogen and oxygen atoms in total. The fraction of sp³-hybridized carbons (Fsp3) is 0.176. The standard InChI is InChI=1S/C17H16N2O3/c1-12-3-8-16-18-14(10-19(16)9-12)11-22-17(20)13-4-6-15(21-2)7-5-13/h3-10H,11H2,1-2H3. The van der Waals surface area contributed by atoms with Gasteiger partial charge in [-0.15, -0.1) is 0 Å². The first-order valence-corrected chi connectivity index (χ1v) is 6.91. The van der Waals surface area contributed by atoms with Crippen LogP contribution in [0.25, 0.3) is 5.65 Å². The number of imidazole rings is 1. The normalized spacial score (nSPS) is 10.6. The first-order chi connectivity index (χ1) is 10.7. The van der Waals surface area contributed by atoms with Gasteiger partial charge in [-0.05, 0) is 42.8 Å². The topological polar surface area (TPSA) is 52.8 Å². The number of benzene rings is 1. The van der Waals surface area contributed by atoms with Gasteiger partial charge >= 0.3 is 5.97 Å². The van der Waals surface area contributed by atoms with Gasteiger partial charge in [0, 0.05) is 12.4 Å². The molecule has 0 N–H and O–H groups in total. The molecule has 112 valence electrons. The lowest BCUT2D eigenvalue weighted by atomic mass is 10.2. The summed E-state index contributed by atoms with van der Waals surface area (Å²) in [4.78, 5) is 16.4. The van der Waals surface area contributed by atoms with Gasteiger partial charge in [-0.2, -0.15) is 0 Å². The Balaban J connectivity index is 1.68. The van der Waals surface area contributed by atoms with E-state index in [0.717, 1.165) is 11.2 Å². The molecular weight excluding hydrogens is 280 g/mol. The van der Waals surface area contributed by atoms with Crippen LogP contribution in [0, 0.1) is 6.92 Å². The molecule has 2 heterocycles. The van der Waals surface area contributed by atoms with E-state index in [1.807, 2.05) is 35.9 Å². The average molecular weight is 296 g/mol. The smallest absolute Gasteiger partial charge is 0.338 e. The van der Waals surface area contributed by atoms with Crippen molar-refractivity contribution < 1.29 is 14.3 Å². The van der Waals surface area contributed by atoms with Crippen LogP contribution >= 0.6 is 0 Å². The zero-order chi connectivity index (χ0) is 15.5. The van der Waals surface area contributed by atoms with E-state index in [4.69, 9.17) is 9.47 Å². The van der Waals surface area contributed by atoms with Gasteiger partial charge in [0.25, 0.3) is 0 Å². The van der Waals surface area contributed by atoms with Gasteiger partial charge in [0.15, 0.2) is 0 Å². The summed E-state index contributed by atoms with van der Waals surface area (Å²) in [7, 11) is 1.58. The summed E-state index contributed by atoms with van der Waals surface area (Å²) in [5.74, 6) is 0.322. The number of esters is 1. The van der Waals surface area contributed by atoms with Crippen LogP contribution in [-0.2, 0) is 11.3 Å². The number of carbonyl (C=O) groups is 1. The number of pyridine rings is 1. The van der Waals surface area contributed by atoms with E-state index in [0.29, 0.717) is 17.0 Å². The first-order valence-electron chi connectivity index (χ1n) is 6.91. The van der Waals surface area contributed by atoms with Gasteiger partial charge in [-0.25, -0.2) is 9.78 Å². The summed E-state index contributed by atoms with van der Waals surface area (Å²) in [5, 5.41) is 0. The monoisotopic (exact) mass is 296 g/mol. The highest BCUT2D eigenvalue weighted by Gasteiger charge is 2.09. The van der Waals surface area contributed by atoms with Crippen molar-refractivity contribution in [2.75, 3.05) is 7.11 Å². The van der Waals surface area contributed by atoms with Crippen molar-refractivity contribution in [2.45, 2.75) is 13.5 Å². The van der Waals surface area contributed by atoms with Crippen LogP contribution in [-0.4, -0.2) is 22.5 Å². The van der Waals surface area contributed by atoms with Crippen LogP contribution in [0.2, 0.25) is 0 Å². The molecule has 0 radical (unpaired) electrons. The van der Waals surface area contributed by atoms with E-state index >= 15 is 0 Å². The Kier molecular flexibility index (Phi) is 3.78. The number of hydrogen-bond donors (Lipinski definition) is 0. The molecular formula is C17H16N2O3. The molecule has 0 unspecified atom stereocenters. The van der Waals surface area contributed by atoms with Crippen LogP contribution in [0.1, 0.15) is 21.6 Å². The molecule has 0 atom stereocenters. The van der Waals surface area contributed by atoms with Gasteiger partial charge in [0.05, 0.1) is 18.4 Å². The molecule has 0 spiro atoms. The lowest BCUT2D eigenvalue weighted by molar-refractivity contribution is 0.0468. The lowest BCUT2D eigenvalue weighted by Crippen LogP contribution is -2.05. The van der Waals surface area contributed by atoms with Crippen molar-refractivity contribution in [2.24, 2.45) is 0 Å². The fourth-order valence-electron chi connectivity index (χ4n) is 2.18. The van der Waals surface area contributed by atoms with Gasteiger partial charge < -0.3 is 13.9 Å². The third kappa shape index (κ3) is 2.93. The van der Waals surface area contributed by atoms with Crippen LogP contribution in [0.5, 0.6) is 5.75 Å².